The lowest BCUT2D eigenvalue weighted by atomic mass is 10.2. The molecule has 0 aliphatic rings. The number of rotatable bonds is 6. The summed E-state index contributed by atoms with van der Waals surface area (Å²) in [5.74, 6) is 2.45. The molecule has 4 aromatic heterocycles. The lowest BCUT2D eigenvalue weighted by Crippen LogP contribution is -2.04. The monoisotopic (exact) mass is 426 g/mol. The molecule has 0 bridgehead atoms. The molecule has 0 amide bonds. The van der Waals surface area contributed by atoms with Gasteiger partial charge in [0.25, 0.3) is 0 Å². The van der Waals surface area contributed by atoms with Crippen molar-refractivity contribution >= 4 is 39.5 Å². The van der Waals surface area contributed by atoms with Crippen LogP contribution in [0.1, 0.15) is 5.56 Å². The van der Waals surface area contributed by atoms with Crippen molar-refractivity contribution in [3.05, 3.63) is 66.6 Å². The Hall–Kier alpha value is -4.40. The normalized spacial score (nSPS) is 11.1. The standard InChI is InChI=1S/C23H22N8O/c1-25-20-6-4-15-3-5-17(10-19(15)28-20)32-13-14-9-16(12-27-11-14)31-8-7-18-21(24)29-23(26-2)30-22(18)31/h3-12H,13H2,1-2H3,(H,25,28)(H3,24,26,29,30). The van der Waals surface area contributed by atoms with E-state index in [1.54, 1.807) is 19.4 Å². The number of ether oxygens (including phenoxy) is 1. The van der Waals surface area contributed by atoms with Crippen LogP contribution in [0.2, 0.25) is 0 Å². The summed E-state index contributed by atoms with van der Waals surface area (Å²) >= 11 is 0. The van der Waals surface area contributed by atoms with Crippen molar-refractivity contribution in [2.45, 2.75) is 6.61 Å². The van der Waals surface area contributed by atoms with E-state index < -0.39 is 0 Å². The van der Waals surface area contributed by atoms with E-state index in [-0.39, 0.29) is 0 Å². The molecule has 0 atom stereocenters. The Kier molecular flexibility index (Phi) is 4.91. The van der Waals surface area contributed by atoms with E-state index >= 15 is 0 Å². The molecule has 0 unspecified atom stereocenters. The average molecular weight is 426 g/mol. The summed E-state index contributed by atoms with van der Waals surface area (Å²) in [4.78, 5) is 17.7. The smallest absolute Gasteiger partial charge is 0.226 e. The highest BCUT2D eigenvalue weighted by atomic mass is 16.5. The van der Waals surface area contributed by atoms with Crippen molar-refractivity contribution in [1.29, 1.82) is 0 Å². The van der Waals surface area contributed by atoms with Gasteiger partial charge in [-0.3, -0.25) is 9.55 Å². The lowest BCUT2D eigenvalue weighted by molar-refractivity contribution is 0.306. The maximum absolute atomic E-state index is 6.07. The van der Waals surface area contributed by atoms with Gasteiger partial charge in [-0.15, -0.1) is 0 Å². The number of benzene rings is 1. The van der Waals surface area contributed by atoms with Crippen LogP contribution < -0.4 is 21.1 Å². The van der Waals surface area contributed by atoms with Crippen LogP contribution in [0.5, 0.6) is 5.75 Å². The summed E-state index contributed by atoms with van der Waals surface area (Å²) in [6.45, 7) is 0.371. The molecule has 0 aliphatic carbocycles. The summed E-state index contributed by atoms with van der Waals surface area (Å²) in [5.41, 5.74) is 9.45. The molecule has 9 heteroatoms. The first-order chi connectivity index (χ1) is 15.6. The highest BCUT2D eigenvalue weighted by Crippen LogP contribution is 2.25. The van der Waals surface area contributed by atoms with Crippen LogP contribution in [0.3, 0.4) is 0 Å². The van der Waals surface area contributed by atoms with Crippen LogP contribution in [0.4, 0.5) is 17.6 Å². The average Bonchev–Trinajstić information content (AvgIpc) is 3.27. The molecule has 0 aliphatic heterocycles. The minimum atomic E-state index is 0.371. The fraction of sp³-hybridized carbons (Fsp3) is 0.130. The molecular weight excluding hydrogens is 404 g/mol. The molecular formula is C23H22N8O. The van der Waals surface area contributed by atoms with Crippen molar-refractivity contribution in [3.8, 4) is 11.4 Å². The van der Waals surface area contributed by atoms with Crippen LogP contribution in [0.15, 0.2) is 61.1 Å². The van der Waals surface area contributed by atoms with Gasteiger partial charge in [-0.05, 0) is 36.4 Å². The Morgan fingerprint density at radius 3 is 2.69 bits per heavy atom. The number of anilines is 3. The second-order valence-electron chi connectivity index (χ2n) is 7.25. The first-order valence-electron chi connectivity index (χ1n) is 10.1. The maximum atomic E-state index is 6.07. The van der Waals surface area contributed by atoms with Gasteiger partial charge < -0.3 is 21.1 Å². The number of pyridine rings is 2. The topological polar surface area (TPSA) is 116 Å². The molecule has 0 radical (unpaired) electrons. The van der Waals surface area contributed by atoms with Crippen molar-refractivity contribution in [2.24, 2.45) is 0 Å². The van der Waals surface area contributed by atoms with Gasteiger partial charge in [0.15, 0.2) is 5.65 Å². The summed E-state index contributed by atoms with van der Waals surface area (Å²) in [6.07, 6.45) is 5.47. The number of fused-ring (bicyclic) bond motifs is 2. The van der Waals surface area contributed by atoms with E-state index in [9.17, 15) is 0 Å². The molecule has 0 saturated carbocycles. The maximum Gasteiger partial charge on any atom is 0.226 e. The second kappa shape index (κ2) is 8.03. The van der Waals surface area contributed by atoms with Crippen molar-refractivity contribution in [1.82, 2.24) is 24.5 Å². The van der Waals surface area contributed by atoms with Crippen LogP contribution in [0.25, 0.3) is 27.6 Å². The predicted octanol–water partition coefficient (Wildman–Crippen LogP) is 3.61. The lowest BCUT2D eigenvalue weighted by Gasteiger charge is -2.10. The Balaban J connectivity index is 1.41. The van der Waals surface area contributed by atoms with E-state index in [0.717, 1.165) is 39.1 Å². The molecule has 160 valence electrons. The fourth-order valence-electron chi connectivity index (χ4n) is 3.53. The molecule has 9 nitrogen and oxygen atoms in total. The van der Waals surface area contributed by atoms with Crippen molar-refractivity contribution < 1.29 is 4.74 Å². The van der Waals surface area contributed by atoms with Crippen LogP contribution in [-0.2, 0) is 6.61 Å². The van der Waals surface area contributed by atoms with Gasteiger partial charge in [-0.25, -0.2) is 4.98 Å². The second-order valence-corrected chi connectivity index (χ2v) is 7.25. The first-order valence-corrected chi connectivity index (χ1v) is 10.1. The van der Waals surface area contributed by atoms with Crippen LogP contribution in [-0.4, -0.2) is 38.6 Å². The van der Waals surface area contributed by atoms with E-state index in [1.807, 2.05) is 60.3 Å². The van der Waals surface area contributed by atoms with Gasteiger partial charge in [0, 0.05) is 43.5 Å². The number of nitrogens with zero attached hydrogens (tertiary/aromatic N) is 5. The highest BCUT2D eigenvalue weighted by molar-refractivity contribution is 5.88. The third kappa shape index (κ3) is 3.60. The van der Waals surface area contributed by atoms with Gasteiger partial charge in [0.1, 0.15) is 24.0 Å². The predicted molar refractivity (Wildman–Crippen MR) is 126 cm³/mol. The molecule has 32 heavy (non-hydrogen) atoms. The molecule has 0 saturated heterocycles. The molecule has 4 heterocycles. The van der Waals surface area contributed by atoms with Gasteiger partial charge in [-0.1, -0.05) is 0 Å². The fourth-order valence-corrected chi connectivity index (χ4v) is 3.53. The summed E-state index contributed by atoms with van der Waals surface area (Å²) < 4.78 is 7.96. The van der Waals surface area contributed by atoms with Crippen LogP contribution >= 0.6 is 0 Å². The van der Waals surface area contributed by atoms with Crippen molar-refractivity contribution in [2.75, 3.05) is 30.5 Å². The van der Waals surface area contributed by atoms with E-state index in [4.69, 9.17) is 10.5 Å². The third-order valence-corrected chi connectivity index (χ3v) is 5.18. The third-order valence-electron chi connectivity index (χ3n) is 5.18. The first kappa shape index (κ1) is 19.6. The van der Waals surface area contributed by atoms with Gasteiger partial charge in [-0.2, -0.15) is 9.97 Å². The van der Waals surface area contributed by atoms with Gasteiger partial charge in [0.05, 0.1) is 22.8 Å². The van der Waals surface area contributed by atoms with Gasteiger partial charge >= 0.3 is 0 Å². The summed E-state index contributed by atoms with van der Waals surface area (Å²) in [6, 6.07) is 13.8. The Morgan fingerprint density at radius 2 is 1.84 bits per heavy atom. The largest absolute Gasteiger partial charge is 0.489 e. The molecule has 0 fully saturated rings. The molecule has 5 rings (SSSR count). The summed E-state index contributed by atoms with van der Waals surface area (Å²) in [5, 5.41) is 7.84. The zero-order chi connectivity index (χ0) is 22.1. The van der Waals surface area contributed by atoms with Crippen LogP contribution in [0, 0.1) is 0 Å². The number of nitrogen functional groups attached to an aromatic ring is 1. The van der Waals surface area contributed by atoms with E-state index in [0.29, 0.717) is 24.0 Å². The van der Waals surface area contributed by atoms with Gasteiger partial charge in [0.2, 0.25) is 5.95 Å². The number of hydrogen-bond acceptors (Lipinski definition) is 8. The zero-order valence-corrected chi connectivity index (χ0v) is 17.7. The van der Waals surface area contributed by atoms with E-state index in [2.05, 4.69) is 30.6 Å². The SMILES string of the molecule is CNc1ccc2ccc(OCc3cncc(-n4ccc5c(N)nc(NC)nc54)c3)cc2n1. The quantitative estimate of drug-likeness (QED) is 0.377. The Labute approximate surface area is 184 Å². The molecule has 0 spiro atoms. The number of nitrogens with one attached hydrogen (secondary N) is 2. The molecule has 1 aromatic carbocycles. The zero-order valence-electron chi connectivity index (χ0n) is 17.7. The number of nitrogens with two attached hydrogens (primary N) is 1. The highest BCUT2D eigenvalue weighted by Gasteiger charge is 2.11. The molecule has 5 aromatic rings. The summed E-state index contributed by atoms with van der Waals surface area (Å²) in [7, 11) is 3.61. The number of hydrogen-bond donors (Lipinski definition) is 3. The molecule has 4 N–H and O–H groups in total. The minimum absolute atomic E-state index is 0.371. The van der Waals surface area contributed by atoms with E-state index in [1.165, 1.54) is 0 Å². The van der Waals surface area contributed by atoms with Crippen molar-refractivity contribution in [3.63, 3.8) is 0 Å². The minimum Gasteiger partial charge on any atom is -0.489 e. The number of aromatic nitrogens is 5. The Bertz CT molecular complexity index is 1430. The Morgan fingerprint density at radius 1 is 0.969 bits per heavy atom.